The molecule has 3 aromatic rings. The van der Waals surface area contributed by atoms with Crippen molar-refractivity contribution in [2.75, 3.05) is 71.0 Å². The SMILES string of the molecule is C=C1C[C@@H](CO[Si](C)(C)C(C)(C)C)N(C(=O)c2cc(OC)c(OCCCOc3cc(NC(=O)OCC(C)SSc4ncccc4[N+](=O)[O-])c(C(=O)N4CC(=C)C[C@H]4CO[Si](C)(C)C(C)(C)C)cc3OC)cc2NC(=O)O)C1. The first-order valence-electron chi connectivity index (χ1n) is 25.3. The van der Waals surface area contributed by atoms with Crippen molar-refractivity contribution in [1.82, 2.24) is 14.8 Å². The van der Waals surface area contributed by atoms with Crippen LogP contribution in [0.3, 0.4) is 0 Å². The molecule has 20 nitrogen and oxygen atoms in total. The lowest BCUT2D eigenvalue weighted by molar-refractivity contribution is -0.388. The maximum atomic E-state index is 14.7. The van der Waals surface area contributed by atoms with Crippen LogP contribution >= 0.6 is 21.6 Å². The maximum Gasteiger partial charge on any atom is 0.411 e. The van der Waals surface area contributed by atoms with Crippen LogP contribution in [0, 0.1) is 10.1 Å². The fourth-order valence-electron chi connectivity index (χ4n) is 7.72. The molecule has 5 rings (SSSR count). The largest absolute Gasteiger partial charge is 0.493 e. The second-order valence-electron chi connectivity index (χ2n) is 22.1. The number of hydrogen-bond acceptors (Lipinski definition) is 16. The highest BCUT2D eigenvalue weighted by molar-refractivity contribution is 8.77. The van der Waals surface area contributed by atoms with E-state index >= 15 is 0 Å². The van der Waals surface area contributed by atoms with Crippen molar-refractivity contribution in [3.05, 3.63) is 88.1 Å². The average molecular weight is 1140 g/mol. The van der Waals surface area contributed by atoms with Crippen LogP contribution in [0.15, 0.2) is 71.9 Å². The molecule has 1 aromatic heterocycles. The number of carbonyl (C=O) groups excluding carboxylic acids is 3. The molecule has 24 heteroatoms. The standard InChI is InChI=1S/C53H76N6O14S2Si2/c1-33-22-36(31-72-76(12,13)52(4,5)6)57(28-33)48(60)38-24-43(67-10)45(26-40(38)55-50(62)63)69-20-17-21-70-46-27-41(56-51(64)71-30-35(3)74-75-47-42(59(65)66)18-16-19-54-47)39(25-44(46)68-11)49(61)58-29-34(2)23-37(58)32-73-77(14,15)53(7,8)9/h16,18-19,24-27,35-37,55H,1-2,17,20-23,28-32H2,3-15H3,(H,56,64)(H,62,63)/t35?,36-,37-/m0/s1. The van der Waals surface area contributed by atoms with E-state index in [1.165, 1.54) is 67.6 Å². The number of nitrogens with one attached hydrogen (secondary N) is 2. The Balaban J connectivity index is 1.33. The molecule has 3 heterocycles. The number of ether oxygens (including phenoxy) is 5. The molecule has 0 aliphatic carbocycles. The van der Waals surface area contributed by atoms with Crippen LogP contribution in [0.5, 0.6) is 23.0 Å². The Morgan fingerprint density at radius 1 is 0.805 bits per heavy atom. The minimum absolute atomic E-state index is 0.00427. The Kier molecular flexibility index (Phi) is 21.1. The predicted molar refractivity (Wildman–Crippen MR) is 305 cm³/mol. The third-order valence-electron chi connectivity index (χ3n) is 14.2. The van der Waals surface area contributed by atoms with Crippen molar-refractivity contribution in [2.45, 2.75) is 126 Å². The van der Waals surface area contributed by atoms with Crippen LogP contribution in [0.25, 0.3) is 0 Å². The van der Waals surface area contributed by atoms with E-state index in [1.54, 1.807) is 16.7 Å². The van der Waals surface area contributed by atoms with Gasteiger partial charge in [0.15, 0.2) is 44.7 Å². The van der Waals surface area contributed by atoms with Gasteiger partial charge in [0.1, 0.15) is 6.61 Å². The summed E-state index contributed by atoms with van der Waals surface area (Å²) in [6.45, 7) is 32.8. The fraction of sp³-hybridized carbons (Fsp3) is 0.528. The molecule has 0 saturated carbocycles. The van der Waals surface area contributed by atoms with Gasteiger partial charge in [-0.15, -0.1) is 0 Å². The highest BCUT2D eigenvalue weighted by atomic mass is 33.1. The van der Waals surface area contributed by atoms with Crippen LogP contribution in [-0.2, 0) is 13.6 Å². The molecule has 0 spiro atoms. The number of carboxylic acid groups (broad SMARTS) is 1. The maximum absolute atomic E-state index is 14.7. The molecule has 3 atom stereocenters. The van der Waals surface area contributed by atoms with E-state index in [1.807, 2.05) is 0 Å². The summed E-state index contributed by atoms with van der Waals surface area (Å²) in [6.07, 6.45) is 0.573. The zero-order valence-electron chi connectivity index (χ0n) is 46.6. The zero-order valence-corrected chi connectivity index (χ0v) is 50.3. The van der Waals surface area contributed by atoms with E-state index in [-0.39, 0.29) is 123 Å². The van der Waals surface area contributed by atoms with Gasteiger partial charge in [0.2, 0.25) is 0 Å². The number of amides is 4. The lowest BCUT2D eigenvalue weighted by Gasteiger charge is -2.38. The quantitative estimate of drug-likeness (QED) is 0.0189. The van der Waals surface area contributed by atoms with Gasteiger partial charge in [-0.05, 0) is 85.0 Å². The summed E-state index contributed by atoms with van der Waals surface area (Å²) in [5.74, 6) is -0.0686. The number of rotatable bonds is 24. The Hall–Kier alpha value is -5.80. The van der Waals surface area contributed by atoms with E-state index in [0.717, 1.165) is 21.9 Å². The van der Waals surface area contributed by atoms with Crippen molar-refractivity contribution in [2.24, 2.45) is 0 Å². The number of likely N-dealkylation sites (tertiary alicyclic amines) is 2. The number of methoxy groups -OCH3 is 2. The molecule has 0 bridgehead atoms. The molecule has 0 radical (unpaired) electrons. The van der Waals surface area contributed by atoms with Gasteiger partial charge in [-0.1, -0.05) is 76.6 Å². The molecule has 77 heavy (non-hydrogen) atoms. The molecule has 1 unspecified atom stereocenters. The van der Waals surface area contributed by atoms with E-state index in [9.17, 15) is 34.4 Å². The van der Waals surface area contributed by atoms with Crippen LogP contribution in [-0.4, -0.2) is 143 Å². The number of benzene rings is 2. The number of nitrogens with zero attached hydrogens (tertiary/aromatic N) is 4. The lowest BCUT2D eigenvalue weighted by atomic mass is 10.1. The molecule has 3 N–H and O–H groups in total. The van der Waals surface area contributed by atoms with E-state index in [2.05, 4.69) is 96.5 Å². The van der Waals surface area contributed by atoms with Crippen molar-refractivity contribution in [1.29, 1.82) is 0 Å². The van der Waals surface area contributed by atoms with E-state index in [4.69, 9.17) is 32.5 Å². The third-order valence-corrected chi connectivity index (χ3v) is 25.9. The molecule has 2 aromatic carbocycles. The van der Waals surface area contributed by atoms with E-state index < -0.39 is 45.6 Å². The van der Waals surface area contributed by atoms with E-state index in [0.29, 0.717) is 26.1 Å². The molecule has 2 aliphatic rings. The van der Waals surface area contributed by atoms with Gasteiger partial charge in [0.05, 0.1) is 80.2 Å². The first-order valence-corrected chi connectivity index (χ1v) is 33.3. The summed E-state index contributed by atoms with van der Waals surface area (Å²) < 4.78 is 42.4. The number of carbonyl (C=O) groups is 4. The number of pyridine rings is 1. The van der Waals surface area contributed by atoms with Crippen molar-refractivity contribution >= 4 is 79.3 Å². The molecular weight excluding hydrogens is 1060 g/mol. The molecule has 4 amide bonds. The fourth-order valence-corrected chi connectivity index (χ4v) is 11.8. The topological polar surface area (TPSA) is 240 Å². The van der Waals surface area contributed by atoms with Gasteiger partial charge in [-0.2, -0.15) is 0 Å². The third kappa shape index (κ3) is 16.4. The second-order valence-corrected chi connectivity index (χ2v) is 34.3. The first kappa shape index (κ1) is 62.1. The average Bonchev–Trinajstić information content (AvgIpc) is 3.93. The minimum atomic E-state index is -2.20. The summed E-state index contributed by atoms with van der Waals surface area (Å²) in [5.41, 5.74) is 1.83. The van der Waals surface area contributed by atoms with Gasteiger partial charge in [-0.3, -0.25) is 30.3 Å². The molecule has 2 fully saturated rings. The summed E-state index contributed by atoms with van der Waals surface area (Å²) in [5, 5.41) is 26.2. The zero-order chi connectivity index (χ0) is 57.2. The predicted octanol–water partition coefficient (Wildman–Crippen LogP) is 11.9. The van der Waals surface area contributed by atoms with Crippen molar-refractivity contribution < 1.29 is 61.7 Å². The molecule has 422 valence electrons. The Bertz CT molecular complexity index is 2680. The van der Waals surface area contributed by atoms with Gasteiger partial charge < -0.3 is 47.4 Å². The van der Waals surface area contributed by atoms with Gasteiger partial charge in [-0.25, -0.2) is 14.6 Å². The van der Waals surface area contributed by atoms with Crippen LogP contribution < -0.4 is 29.6 Å². The Morgan fingerprint density at radius 3 is 1.70 bits per heavy atom. The number of nitro groups is 1. The highest BCUT2D eigenvalue weighted by Crippen LogP contribution is 2.42. The normalized spacial score (nSPS) is 16.5. The highest BCUT2D eigenvalue weighted by Gasteiger charge is 2.42. The Labute approximate surface area is 462 Å². The van der Waals surface area contributed by atoms with Crippen molar-refractivity contribution in [3.8, 4) is 23.0 Å². The first-order chi connectivity index (χ1) is 36.0. The lowest BCUT2D eigenvalue weighted by Crippen LogP contribution is -2.46. The van der Waals surface area contributed by atoms with Gasteiger partial charge in [0.25, 0.3) is 11.8 Å². The second kappa shape index (κ2) is 26.2. The number of hydrogen-bond donors (Lipinski definition) is 3. The molecule has 2 saturated heterocycles. The van der Waals surface area contributed by atoms with Gasteiger partial charge in [0, 0.05) is 49.2 Å². The smallest absolute Gasteiger partial charge is 0.411 e. The monoisotopic (exact) mass is 1140 g/mol. The number of aromatic nitrogens is 1. The molecule has 2 aliphatic heterocycles. The van der Waals surface area contributed by atoms with Gasteiger partial charge >= 0.3 is 17.9 Å². The summed E-state index contributed by atoms with van der Waals surface area (Å²) in [7, 11) is 0.829. The summed E-state index contributed by atoms with van der Waals surface area (Å²) >= 11 is 0. The number of anilines is 2. The summed E-state index contributed by atoms with van der Waals surface area (Å²) in [4.78, 5) is 73.1. The van der Waals surface area contributed by atoms with Crippen molar-refractivity contribution in [3.63, 3.8) is 0 Å². The summed E-state index contributed by atoms with van der Waals surface area (Å²) in [6, 6.07) is 8.07. The molecular formula is C53H76N6O14S2Si2. The van der Waals surface area contributed by atoms with Crippen LogP contribution in [0.4, 0.5) is 26.7 Å². The Morgan fingerprint density at radius 2 is 1.27 bits per heavy atom. The van der Waals surface area contributed by atoms with Crippen LogP contribution in [0.2, 0.25) is 36.3 Å². The minimum Gasteiger partial charge on any atom is -0.493 e. The van der Waals surface area contributed by atoms with Crippen LogP contribution in [0.1, 0.15) is 88.4 Å².